The maximum absolute atomic E-state index is 15.1. The van der Waals surface area contributed by atoms with Crippen molar-refractivity contribution in [3.05, 3.63) is 35.2 Å². The van der Waals surface area contributed by atoms with Gasteiger partial charge in [-0.2, -0.15) is 0 Å². The molecule has 4 aliphatic rings. The lowest BCUT2D eigenvalue weighted by Gasteiger charge is -2.32. The molecule has 5 N–H and O–H groups in total. The molecule has 2 saturated heterocycles. The first kappa shape index (κ1) is 45.7. The van der Waals surface area contributed by atoms with E-state index in [4.69, 9.17) is 42.6 Å². The maximum Gasteiger partial charge on any atom is 0.478 e. The first-order valence-electron chi connectivity index (χ1n) is 19.9. The van der Waals surface area contributed by atoms with Crippen LogP contribution in [0.2, 0.25) is 0 Å². The number of fused-ring (bicyclic) bond motifs is 4. The summed E-state index contributed by atoms with van der Waals surface area (Å²) in [4.78, 5) is 62.4. The Hall–Kier alpha value is -3.87. The molecule has 0 radical (unpaired) electrons. The van der Waals surface area contributed by atoms with Gasteiger partial charge in [-0.05, 0) is 60.8 Å². The Kier molecular flexibility index (Phi) is 12.0. The van der Waals surface area contributed by atoms with Gasteiger partial charge in [0.05, 0.1) is 55.5 Å². The molecule has 63 heavy (non-hydrogen) atoms. The number of carbonyl (C=O) groups excluding carboxylic acids is 2. The number of nitrogens with one attached hydrogen (secondary N) is 1. The summed E-state index contributed by atoms with van der Waals surface area (Å²) in [7, 11) is -4.95. The van der Waals surface area contributed by atoms with Gasteiger partial charge in [-0.1, -0.05) is 0 Å². The predicted molar refractivity (Wildman–Crippen MR) is 219 cm³/mol. The summed E-state index contributed by atoms with van der Waals surface area (Å²) in [6.07, 6.45) is -2.73. The molecule has 6 heterocycles. The predicted octanol–water partition coefficient (Wildman–Crippen LogP) is 3.15. The molecule has 2 saturated carbocycles. The molecular weight excluding hydrogens is 892 g/mol. The number of aliphatic hydroxyl groups is 2. The smallest absolute Gasteiger partial charge is 0.454 e. The molecule has 2 bridgehead atoms. The average molecular weight is 942 g/mol. The normalized spacial score (nSPS) is 33.5. The van der Waals surface area contributed by atoms with Crippen LogP contribution in [-0.4, -0.2) is 118 Å². The number of carbonyl (C=O) groups is 2. The van der Waals surface area contributed by atoms with Crippen LogP contribution in [0.1, 0.15) is 66.1 Å². The molecule has 4 aromatic rings. The highest BCUT2D eigenvalue weighted by molar-refractivity contribution is 8.55. The minimum atomic E-state index is -4.95. The lowest BCUT2D eigenvalue weighted by atomic mass is 9.98. The highest BCUT2D eigenvalue weighted by Gasteiger charge is 2.74. The van der Waals surface area contributed by atoms with E-state index in [0.29, 0.717) is 11.4 Å². The second-order valence-electron chi connectivity index (χ2n) is 17.9. The van der Waals surface area contributed by atoms with Crippen molar-refractivity contribution in [1.29, 1.82) is 0 Å². The first-order chi connectivity index (χ1) is 29.6. The van der Waals surface area contributed by atoms with E-state index in [-0.39, 0.29) is 40.4 Å². The van der Waals surface area contributed by atoms with Crippen LogP contribution >= 0.6 is 26.0 Å². The Balaban J connectivity index is 1.21. The number of phosphoric ester groups is 1. The van der Waals surface area contributed by atoms with E-state index in [1.165, 1.54) is 23.5 Å². The fourth-order valence-electron chi connectivity index (χ4n) is 8.07. The number of imidazole rings is 2. The van der Waals surface area contributed by atoms with E-state index in [1.807, 2.05) is 0 Å². The maximum atomic E-state index is 15.1. The molecule has 2 unspecified atom stereocenters. The third-order valence-electron chi connectivity index (χ3n) is 11.5. The summed E-state index contributed by atoms with van der Waals surface area (Å²) < 4.78 is 81.0. The number of rotatable bonds is 9. The Morgan fingerprint density at radius 1 is 1.00 bits per heavy atom. The Morgan fingerprint density at radius 3 is 2.41 bits per heavy atom. The quantitative estimate of drug-likeness (QED) is 0.106. The fourth-order valence-corrected chi connectivity index (χ4v) is 12.2. The van der Waals surface area contributed by atoms with Gasteiger partial charge in [-0.3, -0.25) is 37.0 Å². The van der Waals surface area contributed by atoms with Crippen molar-refractivity contribution in [2.75, 3.05) is 38.3 Å². The van der Waals surface area contributed by atoms with E-state index in [2.05, 4.69) is 29.9 Å². The molecule has 4 fully saturated rings. The fraction of sp³-hybridized carbons (Fsp3) is 0.667. The van der Waals surface area contributed by atoms with Crippen LogP contribution < -0.4 is 11.3 Å². The lowest BCUT2D eigenvalue weighted by molar-refractivity contribution is -0.161. The molecule has 4 aromatic heterocycles. The summed E-state index contributed by atoms with van der Waals surface area (Å²) >= 11 is 0.545. The molecule has 2 aliphatic carbocycles. The molecule has 344 valence electrons. The Morgan fingerprint density at radius 2 is 1.70 bits per heavy atom. The number of phosphoric acid groups is 1. The third-order valence-corrected chi connectivity index (χ3v) is 16.2. The first-order valence-corrected chi connectivity index (χ1v) is 24.5. The van der Waals surface area contributed by atoms with Gasteiger partial charge in [-0.25, -0.2) is 38.6 Å². The lowest BCUT2D eigenvalue weighted by Crippen LogP contribution is -2.38. The van der Waals surface area contributed by atoms with Gasteiger partial charge in [-0.15, -0.1) is 0 Å². The number of nitrogens with zero attached hydrogens (tertiary/aromatic N) is 7. The highest BCUT2D eigenvalue weighted by atomic mass is 32.7. The standard InChI is InChI=1S/C36H49N9O15P2S/c1-17-42-29-22(30(48)43-17)41-14-45(29)31-25-18(9-46)20(58-31)10-55-62(52,63-16-54-33(50)35(5,6)7)60-26-24(47)23(44-13-40-21-27(37)38-12-39-28(21)44)19-8-36(19,26)11-56-61(51,59-25)57-15-53-32(49)34(2,3)4/h12-14,18-20,23-26,31,46-47H,8-11,15-16H2,1-7H3,(H2,37,38,39)(H,42,43,48)/t18-,19-,20-,23-,24+,25-,26+,31-,36-,61?,62?/m1/s1. The molecule has 2 aliphatic heterocycles. The summed E-state index contributed by atoms with van der Waals surface area (Å²) in [5.74, 6) is -3.14. The topological polar surface area (TPSA) is 316 Å². The zero-order valence-electron chi connectivity index (χ0n) is 35.3. The summed E-state index contributed by atoms with van der Waals surface area (Å²) in [6, 6.07) is -0.853. The van der Waals surface area contributed by atoms with Crippen molar-refractivity contribution in [1.82, 2.24) is 39.0 Å². The van der Waals surface area contributed by atoms with Crippen LogP contribution in [-0.2, 0) is 55.5 Å². The largest absolute Gasteiger partial charge is 0.478 e. The van der Waals surface area contributed by atoms with Gasteiger partial charge in [0.2, 0.25) is 6.79 Å². The number of aromatic amines is 1. The molecule has 24 nitrogen and oxygen atoms in total. The highest BCUT2D eigenvalue weighted by Crippen LogP contribution is 2.74. The van der Waals surface area contributed by atoms with Crippen molar-refractivity contribution >= 4 is 66.1 Å². The van der Waals surface area contributed by atoms with Crippen molar-refractivity contribution in [3.8, 4) is 0 Å². The molecular formula is C36H49N9O15P2S. The minimum Gasteiger partial charge on any atom is -0.454 e. The summed E-state index contributed by atoms with van der Waals surface area (Å²) in [5.41, 5.74) is 2.91. The van der Waals surface area contributed by atoms with Crippen molar-refractivity contribution in [2.45, 2.75) is 91.6 Å². The Labute approximate surface area is 363 Å². The van der Waals surface area contributed by atoms with Crippen molar-refractivity contribution in [2.24, 2.45) is 28.1 Å². The number of nitrogen functional groups attached to an aromatic ring is 1. The molecule has 1 spiro atoms. The van der Waals surface area contributed by atoms with E-state index >= 15 is 9.13 Å². The minimum absolute atomic E-state index is 0.0443. The van der Waals surface area contributed by atoms with Gasteiger partial charge < -0.3 is 39.7 Å². The van der Waals surface area contributed by atoms with Crippen LogP contribution in [0.25, 0.3) is 22.3 Å². The third kappa shape index (κ3) is 8.58. The van der Waals surface area contributed by atoms with Crippen LogP contribution in [0.3, 0.4) is 0 Å². The number of esters is 2. The van der Waals surface area contributed by atoms with Gasteiger partial charge in [0.15, 0.2) is 28.9 Å². The Bertz CT molecular complexity index is 2580. The summed E-state index contributed by atoms with van der Waals surface area (Å²) in [6.45, 7) is 4.10. The van der Waals surface area contributed by atoms with E-state index < -0.39 is 129 Å². The average Bonchev–Trinajstić information content (AvgIpc) is 3.49. The molecule has 8 rings (SSSR count). The van der Waals surface area contributed by atoms with Crippen LogP contribution in [0.15, 0.2) is 23.8 Å². The second kappa shape index (κ2) is 16.5. The monoisotopic (exact) mass is 941 g/mol. The van der Waals surface area contributed by atoms with E-state index in [9.17, 15) is 24.6 Å². The summed E-state index contributed by atoms with van der Waals surface area (Å²) in [5, 5.41) is 23.1. The van der Waals surface area contributed by atoms with Crippen LogP contribution in [0.5, 0.6) is 0 Å². The zero-order valence-corrected chi connectivity index (χ0v) is 37.9. The van der Waals surface area contributed by atoms with Crippen LogP contribution in [0.4, 0.5) is 5.82 Å². The number of anilines is 1. The van der Waals surface area contributed by atoms with Gasteiger partial charge in [0.1, 0.15) is 41.9 Å². The number of aryl methyl sites for hydroxylation is 1. The van der Waals surface area contributed by atoms with Gasteiger partial charge >= 0.3 is 26.6 Å². The molecule has 0 amide bonds. The number of ether oxygens (including phenoxy) is 3. The van der Waals surface area contributed by atoms with Gasteiger partial charge in [0, 0.05) is 22.7 Å². The number of nitrogens with two attached hydrogens (primary N) is 1. The van der Waals surface area contributed by atoms with Crippen molar-refractivity contribution < 1.29 is 65.8 Å². The SMILES string of the molecule is Cc1nc2c(ncn2[C@@H]2O[C@@H]3COP(=O)(SCOC(=O)C(C)(C)C)O[C@H]4[C@@H](O)[C@H](n5cnc6c(N)ncnc65)[C@H]5C[C@@]54COP(=O)(OCOC(=O)C(C)(C)C)O[C@@H]2[C@@H]3CO)c(=O)[nH]1. The molecule has 11 atom stereocenters. The zero-order chi connectivity index (χ0) is 45.4. The van der Waals surface area contributed by atoms with Crippen molar-refractivity contribution in [3.63, 3.8) is 0 Å². The number of hydrogen-bond acceptors (Lipinski definition) is 22. The van der Waals surface area contributed by atoms with E-state index in [0.717, 1.165) is 0 Å². The van der Waals surface area contributed by atoms with E-state index in [1.54, 1.807) is 53.0 Å². The molecule has 0 aromatic carbocycles. The number of hydrogen-bond donors (Lipinski definition) is 4. The number of aromatic nitrogens is 8. The van der Waals surface area contributed by atoms with Gasteiger partial charge in [0.25, 0.3) is 5.56 Å². The molecule has 27 heteroatoms. The number of aliphatic hydroxyl groups excluding tert-OH is 2. The second-order valence-corrected chi connectivity index (χ2v) is 23.5. The van der Waals surface area contributed by atoms with Crippen LogP contribution in [0, 0.1) is 35.0 Å². The number of H-pyrrole nitrogens is 1.